The molecule has 1 saturated heterocycles. The van der Waals surface area contributed by atoms with Crippen molar-refractivity contribution < 1.29 is 9.59 Å². The number of hydrogen-bond donors (Lipinski definition) is 1. The second kappa shape index (κ2) is 9.66. The Morgan fingerprint density at radius 3 is 2.40 bits per heavy atom. The average molecular weight is 528 g/mol. The maximum atomic E-state index is 12.5. The standard InChI is InChI=1S/C24H21IN2O2S/c25-20-10-12-21(13-11-20)26-23(29)18-6-8-19(9-7-18)24-27(22(28)16-30-24)15-14-17-4-2-1-3-5-17/h1-13,24H,14-16H2,(H,26,29)/t24-/m0/s1. The second-order valence-corrected chi connectivity index (χ2v) is 9.38. The lowest BCUT2D eigenvalue weighted by molar-refractivity contribution is -0.128. The van der Waals surface area contributed by atoms with Crippen LogP contribution in [0, 0.1) is 3.57 Å². The number of carbonyl (C=O) groups is 2. The van der Waals surface area contributed by atoms with Crippen LogP contribution in [-0.2, 0) is 11.2 Å². The molecule has 0 aromatic heterocycles. The maximum Gasteiger partial charge on any atom is 0.255 e. The van der Waals surface area contributed by atoms with Crippen LogP contribution < -0.4 is 5.32 Å². The van der Waals surface area contributed by atoms with E-state index in [0.717, 1.165) is 21.2 Å². The summed E-state index contributed by atoms with van der Waals surface area (Å²) in [5.41, 5.74) is 3.64. The molecule has 0 spiro atoms. The Morgan fingerprint density at radius 1 is 1.00 bits per heavy atom. The molecule has 4 nitrogen and oxygen atoms in total. The Labute approximate surface area is 194 Å². The van der Waals surface area contributed by atoms with Crippen molar-refractivity contribution in [3.05, 3.63) is 99.1 Å². The molecule has 6 heteroatoms. The lowest BCUT2D eigenvalue weighted by atomic mass is 10.1. The molecule has 1 fully saturated rings. The number of halogens is 1. The summed E-state index contributed by atoms with van der Waals surface area (Å²) in [6.45, 7) is 0.690. The zero-order valence-corrected chi connectivity index (χ0v) is 19.2. The molecule has 3 aromatic carbocycles. The first-order chi connectivity index (χ1) is 14.6. The highest BCUT2D eigenvalue weighted by molar-refractivity contribution is 14.1. The number of nitrogens with one attached hydrogen (secondary N) is 1. The Morgan fingerprint density at radius 2 is 1.70 bits per heavy atom. The molecule has 30 heavy (non-hydrogen) atoms. The third-order valence-corrected chi connectivity index (χ3v) is 6.99. The molecule has 1 heterocycles. The van der Waals surface area contributed by atoms with Gasteiger partial charge in [0.25, 0.3) is 5.91 Å². The minimum atomic E-state index is -0.140. The van der Waals surface area contributed by atoms with Crippen molar-refractivity contribution in [3.63, 3.8) is 0 Å². The van der Waals surface area contributed by atoms with E-state index >= 15 is 0 Å². The third-order valence-electron chi connectivity index (χ3n) is 5.01. The summed E-state index contributed by atoms with van der Waals surface area (Å²) in [5, 5.41) is 2.91. The van der Waals surface area contributed by atoms with Gasteiger partial charge in [0.05, 0.1) is 5.75 Å². The fourth-order valence-electron chi connectivity index (χ4n) is 3.40. The molecule has 0 unspecified atom stereocenters. The predicted molar refractivity (Wildman–Crippen MR) is 131 cm³/mol. The quantitative estimate of drug-likeness (QED) is 0.439. The van der Waals surface area contributed by atoms with Gasteiger partial charge in [0.2, 0.25) is 5.91 Å². The van der Waals surface area contributed by atoms with Crippen molar-refractivity contribution in [1.82, 2.24) is 4.90 Å². The molecule has 0 saturated carbocycles. The summed E-state index contributed by atoms with van der Waals surface area (Å²) in [6, 6.07) is 25.5. The lowest BCUT2D eigenvalue weighted by Crippen LogP contribution is -2.30. The Kier molecular flexibility index (Phi) is 6.74. The Bertz CT molecular complexity index is 1020. The molecule has 1 aliphatic rings. The van der Waals surface area contributed by atoms with E-state index in [1.807, 2.05) is 71.6 Å². The second-order valence-electron chi connectivity index (χ2n) is 7.07. The van der Waals surface area contributed by atoms with Gasteiger partial charge in [-0.15, -0.1) is 11.8 Å². The molecule has 1 aliphatic heterocycles. The van der Waals surface area contributed by atoms with Gasteiger partial charge >= 0.3 is 0 Å². The number of anilines is 1. The average Bonchev–Trinajstić information content (AvgIpc) is 3.15. The molecule has 152 valence electrons. The molecule has 2 amide bonds. The zero-order chi connectivity index (χ0) is 20.9. The fraction of sp³-hybridized carbons (Fsp3) is 0.167. The fourth-order valence-corrected chi connectivity index (χ4v) is 4.98. The summed E-state index contributed by atoms with van der Waals surface area (Å²) in [6.07, 6.45) is 0.833. The van der Waals surface area contributed by atoms with E-state index in [1.54, 1.807) is 11.8 Å². The minimum absolute atomic E-state index is 0.00507. The van der Waals surface area contributed by atoms with Gasteiger partial charge in [0.1, 0.15) is 5.37 Å². The van der Waals surface area contributed by atoms with Gasteiger partial charge < -0.3 is 10.2 Å². The molecular weight excluding hydrogens is 507 g/mol. The topological polar surface area (TPSA) is 49.4 Å². The van der Waals surface area contributed by atoms with Crippen molar-refractivity contribution in [2.24, 2.45) is 0 Å². The SMILES string of the molecule is O=C(Nc1ccc(I)cc1)c1ccc([C@@H]2SCC(=O)N2CCc2ccccc2)cc1. The van der Waals surface area contributed by atoms with E-state index in [1.165, 1.54) is 5.56 Å². The molecule has 0 radical (unpaired) electrons. The van der Waals surface area contributed by atoms with Crippen LogP contribution in [0.15, 0.2) is 78.9 Å². The number of rotatable bonds is 6. The Hall–Kier alpha value is -2.32. The van der Waals surface area contributed by atoms with Gasteiger partial charge in [-0.3, -0.25) is 9.59 Å². The summed E-state index contributed by atoms with van der Waals surface area (Å²) in [5.74, 6) is 0.523. The van der Waals surface area contributed by atoms with Crippen LogP contribution in [0.2, 0.25) is 0 Å². The van der Waals surface area contributed by atoms with Crippen LogP contribution in [0.1, 0.15) is 26.9 Å². The molecule has 0 aliphatic carbocycles. The normalized spacial score (nSPS) is 16.0. The zero-order valence-electron chi connectivity index (χ0n) is 16.3. The molecule has 0 bridgehead atoms. The maximum absolute atomic E-state index is 12.5. The highest BCUT2D eigenvalue weighted by Gasteiger charge is 2.32. The van der Waals surface area contributed by atoms with Crippen LogP contribution in [-0.4, -0.2) is 29.0 Å². The minimum Gasteiger partial charge on any atom is -0.326 e. The van der Waals surface area contributed by atoms with Crippen molar-refractivity contribution in [1.29, 1.82) is 0 Å². The van der Waals surface area contributed by atoms with Crippen molar-refractivity contribution in [2.75, 3.05) is 17.6 Å². The van der Waals surface area contributed by atoms with Gasteiger partial charge in [-0.2, -0.15) is 0 Å². The van der Waals surface area contributed by atoms with E-state index in [-0.39, 0.29) is 17.2 Å². The summed E-state index contributed by atoms with van der Waals surface area (Å²) >= 11 is 3.87. The monoisotopic (exact) mass is 528 g/mol. The largest absolute Gasteiger partial charge is 0.326 e. The number of nitrogens with zero attached hydrogens (tertiary/aromatic N) is 1. The van der Waals surface area contributed by atoms with Crippen LogP contribution in [0.5, 0.6) is 0 Å². The van der Waals surface area contributed by atoms with E-state index < -0.39 is 0 Å². The summed E-state index contributed by atoms with van der Waals surface area (Å²) in [7, 11) is 0. The first-order valence-electron chi connectivity index (χ1n) is 9.72. The number of benzene rings is 3. The van der Waals surface area contributed by atoms with Crippen LogP contribution >= 0.6 is 34.4 Å². The van der Waals surface area contributed by atoms with Crippen molar-refractivity contribution in [2.45, 2.75) is 11.8 Å². The van der Waals surface area contributed by atoms with Crippen LogP contribution in [0.25, 0.3) is 0 Å². The smallest absolute Gasteiger partial charge is 0.255 e. The van der Waals surface area contributed by atoms with Crippen LogP contribution in [0.4, 0.5) is 5.69 Å². The molecule has 4 rings (SSSR count). The number of carbonyl (C=O) groups excluding carboxylic acids is 2. The predicted octanol–water partition coefficient (Wildman–Crippen LogP) is 5.36. The first kappa shape index (κ1) is 20.9. The van der Waals surface area contributed by atoms with Crippen molar-refractivity contribution in [3.8, 4) is 0 Å². The van der Waals surface area contributed by atoms with Crippen LogP contribution in [0.3, 0.4) is 0 Å². The number of thioether (sulfide) groups is 1. The highest BCUT2D eigenvalue weighted by atomic mass is 127. The third kappa shape index (κ3) is 5.05. The van der Waals surface area contributed by atoms with E-state index in [4.69, 9.17) is 0 Å². The molecule has 1 N–H and O–H groups in total. The van der Waals surface area contributed by atoms with Gasteiger partial charge in [-0.1, -0.05) is 42.5 Å². The Balaban J connectivity index is 1.42. The summed E-state index contributed by atoms with van der Waals surface area (Å²) < 4.78 is 1.12. The molecule has 1 atom stereocenters. The first-order valence-corrected chi connectivity index (χ1v) is 11.8. The number of amides is 2. The van der Waals surface area contributed by atoms with Gasteiger partial charge in [0.15, 0.2) is 0 Å². The van der Waals surface area contributed by atoms with Gasteiger partial charge in [-0.05, 0) is 76.5 Å². The summed E-state index contributed by atoms with van der Waals surface area (Å²) in [4.78, 5) is 26.9. The lowest BCUT2D eigenvalue weighted by Gasteiger charge is -2.24. The highest BCUT2D eigenvalue weighted by Crippen LogP contribution is 2.38. The van der Waals surface area contributed by atoms with Gasteiger partial charge in [0, 0.05) is 21.4 Å². The van der Waals surface area contributed by atoms with Crippen molar-refractivity contribution >= 4 is 51.9 Å². The number of hydrogen-bond acceptors (Lipinski definition) is 3. The van der Waals surface area contributed by atoms with E-state index in [2.05, 4.69) is 40.0 Å². The van der Waals surface area contributed by atoms with E-state index in [9.17, 15) is 9.59 Å². The molecule has 3 aromatic rings. The molecular formula is C24H21IN2O2S. The van der Waals surface area contributed by atoms with Gasteiger partial charge in [-0.25, -0.2) is 0 Å². The van der Waals surface area contributed by atoms with E-state index in [0.29, 0.717) is 17.9 Å².